The van der Waals surface area contributed by atoms with Crippen LogP contribution in [-0.2, 0) is 11.2 Å². The Morgan fingerprint density at radius 1 is 1.22 bits per heavy atom. The van der Waals surface area contributed by atoms with Crippen molar-refractivity contribution in [3.05, 3.63) is 53.6 Å². The van der Waals surface area contributed by atoms with Crippen LogP contribution in [0.1, 0.15) is 25.0 Å². The molecule has 4 heteroatoms. The van der Waals surface area contributed by atoms with Crippen LogP contribution in [0.25, 0.3) is 0 Å². The Morgan fingerprint density at radius 2 is 2.00 bits per heavy atom. The number of amides is 1. The lowest BCUT2D eigenvalue weighted by atomic mass is 10.0. The highest BCUT2D eigenvalue weighted by molar-refractivity contribution is 6.00. The summed E-state index contributed by atoms with van der Waals surface area (Å²) in [5, 5.41) is 9.71. The molecule has 1 atom stereocenters. The van der Waals surface area contributed by atoms with Crippen molar-refractivity contribution in [2.24, 2.45) is 0 Å². The molecule has 1 aliphatic rings. The van der Waals surface area contributed by atoms with Gasteiger partial charge in [0.15, 0.2) is 6.10 Å². The summed E-state index contributed by atoms with van der Waals surface area (Å²) in [4.78, 5) is 14.6. The van der Waals surface area contributed by atoms with Crippen molar-refractivity contribution >= 4 is 11.6 Å². The standard InChI is InChI=1S/C19H21NO3/c1-12(2)20-16-11-15(21)7-8-17(16)23-18(19(20)22)10-14-6-4-5-13(3)9-14/h4-9,11-12,18,21H,10H2,1-3H3. The number of carbonyl (C=O) groups excluding carboxylic acids is 1. The molecule has 1 unspecified atom stereocenters. The van der Waals surface area contributed by atoms with Gasteiger partial charge in [-0.05, 0) is 38.5 Å². The summed E-state index contributed by atoms with van der Waals surface area (Å²) < 4.78 is 5.92. The van der Waals surface area contributed by atoms with Crippen molar-refractivity contribution in [3.8, 4) is 11.5 Å². The van der Waals surface area contributed by atoms with Crippen molar-refractivity contribution in [1.82, 2.24) is 0 Å². The highest BCUT2D eigenvalue weighted by Gasteiger charge is 2.36. The van der Waals surface area contributed by atoms with Crippen molar-refractivity contribution in [2.45, 2.75) is 39.3 Å². The molecule has 0 spiro atoms. The van der Waals surface area contributed by atoms with E-state index in [9.17, 15) is 9.90 Å². The molecule has 1 amide bonds. The van der Waals surface area contributed by atoms with Gasteiger partial charge in [-0.2, -0.15) is 0 Å². The molecule has 0 aromatic heterocycles. The molecule has 0 radical (unpaired) electrons. The number of benzene rings is 2. The summed E-state index contributed by atoms with van der Waals surface area (Å²) in [5.41, 5.74) is 2.87. The summed E-state index contributed by atoms with van der Waals surface area (Å²) in [7, 11) is 0. The zero-order chi connectivity index (χ0) is 16.6. The normalized spacial score (nSPS) is 17.1. The number of rotatable bonds is 3. The summed E-state index contributed by atoms with van der Waals surface area (Å²) in [6.07, 6.45) is -0.0134. The Balaban J connectivity index is 1.95. The molecule has 1 aliphatic heterocycles. The predicted molar refractivity (Wildman–Crippen MR) is 90.0 cm³/mol. The monoisotopic (exact) mass is 311 g/mol. The summed E-state index contributed by atoms with van der Waals surface area (Å²) in [6.45, 7) is 5.95. The van der Waals surface area contributed by atoms with Crippen LogP contribution in [-0.4, -0.2) is 23.2 Å². The van der Waals surface area contributed by atoms with Gasteiger partial charge in [0.05, 0.1) is 5.69 Å². The Labute approximate surface area is 136 Å². The van der Waals surface area contributed by atoms with Crippen LogP contribution in [0.4, 0.5) is 5.69 Å². The smallest absolute Gasteiger partial charge is 0.268 e. The number of nitrogens with zero attached hydrogens (tertiary/aromatic N) is 1. The Bertz CT molecular complexity index is 739. The number of aryl methyl sites for hydroxylation is 1. The number of hydrogen-bond donors (Lipinski definition) is 1. The molecule has 1 N–H and O–H groups in total. The zero-order valence-corrected chi connectivity index (χ0v) is 13.6. The van der Waals surface area contributed by atoms with Crippen LogP contribution in [0.5, 0.6) is 11.5 Å². The fourth-order valence-electron chi connectivity index (χ4n) is 2.99. The number of fused-ring (bicyclic) bond motifs is 1. The molecule has 3 rings (SSSR count). The first-order chi connectivity index (χ1) is 11.0. The van der Waals surface area contributed by atoms with Crippen LogP contribution in [0.15, 0.2) is 42.5 Å². The lowest BCUT2D eigenvalue weighted by Crippen LogP contribution is -2.49. The first kappa shape index (κ1) is 15.4. The molecule has 2 aromatic rings. The maximum atomic E-state index is 12.8. The number of aromatic hydroxyl groups is 1. The molecule has 0 fully saturated rings. The van der Waals surface area contributed by atoms with Gasteiger partial charge in [0.2, 0.25) is 0 Å². The molecular formula is C19H21NO3. The molecule has 4 nitrogen and oxygen atoms in total. The predicted octanol–water partition coefficient (Wildman–Crippen LogP) is 3.45. The molecular weight excluding hydrogens is 290 g/mol. The third kappa shape index (κ3) is 3.02. The first-order valence-electron chi connectivity index (χ1n) is 7.84. The van der Waals surface area contributed by atoms with Gasteiger partial charge in [0.1, 0.15) is 11.5 Å². The minimum atomic E-state index is -0.545. The van der Waals surface area contributed by atoms with E-state index in [4.69, 9.17) is 4.74 Å². The van der Waals surface area contributed by atoms with Crippen molar-refractivity contribution in [1.29, 1.82) is 0 Å². The molecule has 0 saturated carbocycles. The van der Waals surface area contributed by atoms with Gasteiger partial charge < -0.3 is 14.7 Å². The van der Waals surface area contributed by atoms with E-state index >= 15 is 0 Å². The average molecular weight is 311 g/mol. The van der Waals surface area contributed by atoms with E-state index in [1.807, 2.05) is 39.0 Å². The summed E-state index contributed by atoms with van der Waals surface area (Å²) in [5.74, 6) is 0.691. The molecule has 0 saturated heterocycles. The van der Waals surface area contributed by atoms with E-state index in [0.29, 0.717) is 17.9 Å². The molecule has 1 heterocycles. The minimum absolute atomic E-state index is 0.00744. The summed E-state index contributed by atoms with van der Waals surface area (Å²) in [6, 6.07) is 13.0. The number of phenols is 1. The van der Waals surface area contributed by atoms with Gasteiger partial charge in [-0.3, -0.25) is 4.79 Å². The van der Waals surface area contributed by atoms with Crippen LogP contribution >= 0.6 is 0 Å². The molecule has 0 aliphatic carbocycles. The summed E-state index contributed by atoms with van der Waals surface area (Å²) >= 11 is 0. The number of hydrogen-bond acceptors (Lipinski definition) is 3. The van der Waals surface area contributed by atoms with Crippen molar-refractivity contribution in [2.75, 3.05) is 4.90 Å². The fraction of sp³-hybridized carbons (Fsp3) is 0.316. The third-order valence-corrected chi connectivity index (χ3v) is 4.00. The topological polar surface area (TPSA) is 49.8 Å². The van der Waals surface area contributed by atoms with Crippen LogP contribution < -0.4 is 9.64 Å². The third-order valence-electron chi connectivity index (χ3n) is 4.00. The van der Waals surface area contributed by atoms with Crippen molar-refractivity contribution in [3.63, 3.8) is 0 Å². The second kappa shape index (κ2) is 5.95. The largest absolute Gasteiger partial charge is 0.508 e. The van der Waals surface area contributed by atoms with Gasteiger partial charge in [-0.1, -0.05) is 29.8 Å². The van der Waals surface area contributed by atoms with E-state index in [1.165, 1.54) is 0 Å². The lowest BCUT2D eigenvalue weighted by Gasteiger charge is -2.37. The Morgan fingerprint density at radius 3 is 2.70 bits per heavy atom. The minimum Gasteiger partial charge on any atom is -0.508 e. The number of carbonyl (C=O) groups is 1. The molecule has 23 heavy (non-hydrogen) atoms. The van der Waals surface area contributed by atoms with Gasteiger partial charge in [0, 0.05) is 18.5 Å². The maximum Gasteiger partial charge on any atom is 0.268 e. The van der Waals surface area contributed by atoms with Gasteiger partial charge in [0.25, 0.3) is 5.91 Å². The van der Waals surface area contributed by atoms with Crippen LogP contribution in [0.2, 0.25) is 0 Å². The van der Waals surface area contributed by atoms with Gasteiger partial charge in [-0.15, -0.1) is 0 Å². The average Bonchev–Trinajstić information content (AvgIpc) is 2.48. The van der Waals surface area contributed by atoms with E-state index in [0.717, 1.165) is 11.1 Å². The number of ether oxygens (including phenoxy) is 1. The number of phenolic OH excluding ortho intramolecular Hbond substituents is 1. The SMILES string of the molecule is Cc1cccc(CC2Oc3ccc(O)cc3N(C(C)C)C2=O)c1. The quantitative estimate of drug-likeness (QED) is 0.944. The Hall–Kier alpha value is -2.49. The Kier molecular flexibility index (Phi) is 3.99. The van der Waals surface area contributed by atoms with Crippen LogP contribution in [0.3, 0.4) is 0 Å². The zero-order valence-electron chi connectivity index (χ0n) is 13.6. The second-order valence-electron chi connectivity index (χ2n) is 6.25. The van der Waals surface area contributed by atoms with E-state index in [2.05, 4.69) is 6.07 Å². The first-order valence-corrected chi connectivity index (χ1v) is 7.84. The van der Waals surface area contributed by atoms with E-state index in [-0.39, 0.29) is 17.7 Å². The van der Waals surface area contributed by atoms with Gasteiger partial charge >= 0.3 is 0 Å². The van der Waals surface area contributed by atoms with E-state index < -0.39 is 6.10 Å². The van der Waals surface area contributed by atoms with Gasteiger partial charge in [-0.25, -0.2) is 0 Å². The molecule has 0 bridgehead atoms. The molecule has 2 aromatic carbocycles. The maximum absolute atomic E-state index is 12.8. The highest BCUT2D eigenvalue weighted by Crippen LogP contribution is 2.38. The second-order valence-corrected chi connectivity index (χ2v) is 6.25. The fourth-order valence-corrected chi connectivity index (χ4v) is 2.99. The van der Waals surface area contributed by atoms with Crippen molar-refractivity contribution < 1.29 is 14.6 Å². The number of anilines is 1. The van der Waals surface area contributed by atoms with E-state index in [1.54, 1.807) is 23.1 Å². The molecule has 120 valence electrons. The highest BCUT2D eigenvalue weighted by atomic mass is 16.5. The van der Waals surface area contributed by atoms with Crippen LogP contribution in [0, 0.1) is 6.92 Å². The lowest BCUT2D eigenvalue weighted by molar-refractivity contribution is -0.126.